The lowest BCUT2D eigenvalue weighted by Gasteiger charge is -2.14. The summed E-state index contributed by atoms with van der Waals surface area (Å²) in [5.74, 6) is 0.0921. The van der Waals surface area contributed by atoms with Crippen LogP contribution in [0.15, 0.2) is 24.3 Å². The van der Waals surface area contributed by atoms with Crippen molar-refractivity contribution in [3.05, 3.63) is 34.9 Å². The molecule has 0 aliphatic carbocycles. The van der Waals surface area contributed by atoms with Crippen molar-refractivity contribution in [3.8, 4) is 0 Å². The Kier molecular flexibility index (Phi) is 6.76. The van der Waals surface area contributed by atoms with E-state index >= 15 is 0 Å². The van der Waals surface area contributed by atoms with E-state index in [1.165, 1.54) is 0 Å². The van der Waals surface area contributed by atoms with Crippen LogP contribution in [0.25, 0.3) is 0 Å². The Balaban J connectivity index is 2.33. The fraction of sp³-hybridized carbons (Fsp3) is 0.500. The molecule has 0 saturated carbocycles. The first kappa shape index (κ1) is 15.0. The average molecular weight is 269 g/mol. The molecule has 0 fully saturated rings. The van der Waals surface area contributed by atoms with Gasteiger partial charge in [-0.05, 0) is 44.0 Å². The predicted octanol–water partition coefficient (Wildman–Crippen LogP) is 3.04. The summed E-state index contributed by atoms with van der Waals surface area (Å²) in [4.78, 5) is 11.7. The van der Waals surface area contributed by atoms with Crippen LogP contribution >= 0.6 is 11.6 Å². The van der Waals surface area contributed by atoms with Gasteiger partial charge in [0.15, 0.2) is 0 Å². The summed E-state index contributed by atoms with van der Waals surface area (Å²) >= 11 is 5.82. The lowest BCUT2D eigenvalue weighted by atomic mass is 10.1. The number of rotatable bonds is 7. The zero-order valence-electron chi connectivity index (χ0n) is 10.8. The molecule has 3 nitrogen and oxygen atoms in total. The minimum absolute atomic E-state index is 0.0178. The van der Waals surface area contributed by atoms with Crippen molar-refractivity contribution < 1.29 is 4.79 Å². The summed E-state index contributed by atoms with van der Waals surface area (Å²) in [6, 6.07) is 7.55. The SMILES string of the molecule is C[C@H](NC(=O)CCCCCN)c1ccc(Cl)cc1. The van der Waals surface area contributed by atoms with Gasteiger partial charge in [0, 0.05) is 11.4 Å². The second kappa shape index (κ2) is 8.11. The molecule has 1 aromatic rings. The van der Waals surface area contributed by atoms with Gasteiger partial charge >= 0.3 is 0 Å². The highest BCUT2D eigenvalue weighted by atomic mass is 35.5. The Morgan fingerprint density at radius 3 is 2.56 bits per heavy atom. The molecule has 0 bridgehead atoms. The van der Waals surface area contributed by atoms with Gasteiger partial charge in [-0.3, -0.25) is 4.79 Å². The quantitative estimate of drug-likeness (QED) is 0.747. The van der Waals surface area contributed by atoms with Crippen LogP contribution in [0.1, 0.15) is 44.2 Å². The second-order valence-corrected chi connectivity index (χ2v) is 4.88. The van der Waals surface area contributed by atoms with Gasteiger partial charge in [-0.1, -0.05) is 30.2 Å². The Hall–Kier alpha value is -1.06. The van der Waals surface area contributed by atoms with Crippen LogP contribution in [-0.4, -0.2) is 12.5 Å². The molecular formula is C14H21ClN2O. The van der Waals surface area contributed by atoms with Crippen LogP contribution in [0.4, 0.5) is 0 Å². The number of amides is 1. The normalized spacial score (nSPS) is 12.2. The maximum atomic E-state index is 11.7. The van der Waals surface area contributed by atoms with Crippen LogP contribution in [0.3, 0.4) is 0 Å². The van der Waals surface area contributed by atoms with Crippen molar-refractivity contribution >= 4 is 17.5 Å². The highest BCUT2D eigenvalue weighted by Gasteiger charge is 2.08. The molecule has 0 spiro atoms. The largest absolute Gasteiger partial charge is 0.350 e. The third-order valence-corrected chi connectivity index (χ3v) is 3.11. The molecule has 0 heterocycles. The molecule has 4 heteroatoms. The van der Waals surface area contributed by atoms with Gasteiger partial charge in [0.25, 0.3) is 0 Å². The maximum Gasteiger partial charge on any atom is 0.220 e. The molecule has 1 atom stereocenters. The van der Waals surface area contributed by atoms with E-state index < -0.39 is 0 Å². The Labute approximate surface area is 114 Å². The molecule has 0 radical (unpaired) electrons. The molecule has 0 unspecified atom stereocenters. The first-order chi connectivity index (χ1) is 8.63. The molecule has 1 amide bonds. The van der Waals surface area contributed by atoms with Gasteiger partial charge in [0.2, 0.25) is 5.91 Å². The zero-order valence-corrected chi connectivity index (χ0v) is 11.5. The van der Waals surface area contributed by atoms with Crippen LogP contribution < -0.4 is 11.1 Å². The number of benzene rings is 1. The van der Waals surface area contributed by atoms with E-state index in [4.69, 9.17) is 17.3 Å². The van der Waals surface area contributed by atoms with E-state index in [2.05, 4.69) is 5.32 Å². The summed E-state index contributed by atoms with van der Waals surface area (Å²) in [5.41, 5.74) is 6.47. The van der Waals surface area contributed by atoms with Crippen LogP contribution in [0, 0.1) is 0 Å². The van der Waals surface area contributed by atoms with E-state index in [1.54, 1.807) is 0 Å². The summed E-state index contributed by atoms with van der Waals surface area (Å²) in [6.07, 6.45) is 3.47. The third kappa shape index (κ3) is 5.52. The van der Waals surface area contributed by atoms with Crippen LogP contribution in [-0.2, 0) is 4.79 Å². The summed E-state index contributed by atoms with van der Waals surface area (Å²) in [7, 11) is 0. The van der Waals surface area contributed by atoms with Crippen molar-refractivity contribution in [1.82, 2.24) is 5.32 Å². The number of nitrogens with two attached hydrogens (primary N) is 1. The number of unbranched alkanes of at least 4 members (excludes halogenated alkanes) is 2. The van der Waals surface area contributed by atoms with Gasteiger partial charge in [-0.25, -0.2) is 0 Å². The first-order valence-corrected chi connectivity index (χ1v) is 6.76. The molecule has 0 aliphatic heterocycles. The van der Waals surface area contributed by atoms with E-state index in [9.17, 15) is 4.79 Å². The number of carbonyl (C=O) groups excluding carboxylic acids is 1. The Morgan fingerprint density at radius 1 is 1.28 bits per heavy atom. The van der Waals surface area contributed by atoms with Gasteiger partial charge < -0.3 is 11.1 Å². The Bertz CT molecular complexity index is 365. The highest BCUT2D eigenvalue weighted by molar-refractivity contribution is 6.30. The molecule has 0 aromatic heterocycles. The average Bonchev–Trinajstić information content (AvgIpc) is 2.35. The van der Waals surface area contributed by atoms with Crippen LogP contribution in [0.2, 0.25) is 5.02 Å². The fourth-order valence-corrected chi connectivity index (χ4v) is 1.88. The van der Waals surface area contributed by atoms with E-state index in [0.29, 0.717) is 18.0 Å². The number of carbonyl (C=O) groups is 1. The summed E-state index contributed by atoms with van der Waals surface area (Å²) in [5, 5.41) is 3.69. The minimum Gasteiger partial charge on any atom is -0.350 e. The number of hydrogen-bond donors (Lipinski definition) is 2. The second-order valence-electron chi connectivity index (χ2n) is 4.44. The summed E-state index contributed by atoms with van der Waals surface area (Å²) in [6.45, 7) is 2.67. The maximum absolute atomic E-state index is 11.7. The molecule has 0 aliphatic rings. The van der Waals surface area contributed by atoms with Crippen molar-refractivity contribution in [2.24, 2.45) is 5.73 Å². The molecule has 18 heavy (non-hydrogen) atoms. The third-order valence-electron chi connectivity index (χ3n) is 2.86. The van der Waals surface area contributed by atoms with E-state index in [-0.39, 0.29) is 11.9 Å². The molecule has 3 N–H and O–H groups in total. The molecule has 1 aromatic carbocycles. The predicted molar refractivity (Wildman–Crippen MR) is 75.5 cm³/mol. The Morgan fingerprint density at radius 2 is 1.94 bits per heavy atom. The van der Waals surface area contributed by atoms with Gasteiger partial charge in [-0.2, -0.15) is 0 Å². The minimum atomic E-state index is 0.0178. The van der Waals surface area contributed by atoms with Gasteiger partial charge in [0.05, 0.1) is 6.04 Å². The molecule has 1 rings (SSSR count). The van der Waals surface area contributed by atoms with Gasteiger partial charge in [0.1, 0.15) is 0 Å². The standard InChI is InChI=1S/C14H21ClN2O/c1-11(12-6-8-13(15)9-7-12)17-14(18)5-3-2-4-10-16/h6-9,11H,2-5,10,16H2,1H3,(H,17,18)/t11-/m0/s1. The monoisotopic (exact) mass is 268 g/mol. The molecule has 100 valence electrons. The van der Waals surface area contributed by atoms with Gasteiger partial charge in [-0.15, -0.1) is 0 Å². The smallest absolute Gasteiger partial charge is 0.220 e. The first-order valence-electron chi connectivity index (χ1n) is 6.38. The summed E-state index contributed by atoms with van der Waals surface area (Å²) < 4.78 is 0. The molecule has 0 saturated heterocycles. The van der Waals surface area contributed by atoms with E-state index in [1.807, 2.05) is 31.2 Å². The number of halogens is 1. The van der Waals surface area contributed by atoms with Crippen molar-refractivity contribution in [1.29, 1.82) is 0 Å². The topological polar surface area (TPSA) is 55.1 Å². The zero-order chi connectivity index (χ0) is 13.4. The lowest BCUT2D eigenvalue weighted by Crippen LogP contribution is -2.26. The molecular weight excluding hydrogens is 248 g/mol. The highest BCUT2D eigenvalue weighted by Crippen LogP contribution is 2.16. The van der Waals surface area contributed by atoms with Crippen molar-refractivity contribution in [2.45, 2.75) is 38.6 Å². The number of hydrogen-bond acceptors (Lipinski definition) is 2. The van der Waals surface area contributed by atoms with Crippen LogP contribution in [0.5, 0.6) is 0 Å². The van der Waals surface area contributed by atoms with Crippen molar-refractivity contribution in [2.75, 3.05) is 6.54 Å². The van der Waals surface area contributed by atoms with Crippen molar-refractivity contribution in [3.63, 3.8) is 0 Å². The lowest BCUT2D eigenvalue weighted by molar-refractivity contribution is -0.121. The van der Waals surface area contributed by atoms with E-state index in [0.717, 1.165) is 24.8 Å². The fourth-order valence-electron chi connectivity index (χ4n) is 1.76. The number of nitrogens with one attached hydrogen (secondary N) is 1.